The fourth-order valence-electron chi connectivity index (χ4n) is 3.68. The van der Waals surface area contributed by atoms with E-state index in [-0.39, 0.29) is 11.3 Å². The summed E-state index contributed by atoms with van der Waals surface area (Å²) in [6.45, 7) is 4.64. The zero-order valence-electron chi connectivity index (χ0n) is 18.8. The van der Waals surface area contributed by atoms with Crippen molar-refractivity contribution in [2.24, 2.45) is 0 Å². The van der Waals surface area contributed by atoms with Gasteiger partial charge in [-0.1, -0.05) is 50.4 Å². The molecule has 0 aliphatic carbocycles. The van der Waals surface area contributed by atoms with Crippen molar-refractivity contribution in [3.05, 3.63) is 81.7 Å². The molecular weight excluding hydrogens is 438 g/mol. The number of rotatable bonds is 9. The van der Waals surface area contributed by atoms with Crippen LogP contribution in [0, 0.1) is 0 Å². The summed E-state index contributed by atoms with van der Waals surface area (Å²) in [4.78, 5) is 29.6. The van der Waals surface area contributed by atoms with Gasteiger partial charge in [-0.05, 0) is 42.8 Å². The second-order valence-electron chi connectivity index (χ2n) is 7.89. The normalized spacial score (nSPS) is 11.1. The number of carbonyl (C=O) groups is 1. The average Bonchev–Trinajstić information content (AvgIpc) is 3.27. The van der Waals surface area contributed by atoms with E-state index in [1.54, 1.807) is 47.0 Å². The number of hydrogen-bond donors (Lipinski definition) is 0. The molecule has 0 saturated heterocycles. The summed E-state index contributed by atoms with van der Waals surface area (Å²) in [5.74, 6) is 1.58. The molecule has 2 heterocycles. The first-order chi connectivity index (χ1) is 16.0. The van der Waals surface area contributed by atoms with E-state index in [2.05, 4.69) is 6.92 Å². The molecule has 0 N–H and O–H groups in total. The largest absolute Gasteiger partial charge is 0.441 e. The van der Waals surface area contributed by atoms with Gasteiger partial charge in [-0.25, -0.2) is 4.98 Å². The van der Waals surface area contributed by atoms with Crippen LogP contribution in [0.25, 0.3) is 17.0 Å². The molecule has 0 saturated carbocycles. The minimum absolute atomic E-state index is 0.0755. The predicted octanol–water partition coefficient (Wildman–Crippen LogP) is 6.39. The Kier molecular flexibility index (Phi) is 6.94. The summed E-state index contributed by atoms with van der Waals surface area (Å²) < 4.78 is 9.59. The van der Waals surface area contributed by atoms with Crippen LogP contribution in [0.15, 0.2) is 65.6 Å². The lowest BCUT2D eigenvalue weighted by atomic mass is 10.1. The lowest BCUT2D eigenvalue weighted by Crippen LogP contribution is -2.18. The molecule has 0 aliphatic heterocycles. The molecule has 0 amide bonds. The molecule has 0 fully saturated rings. The predicted molar refractivity (Wildman–Crippen MR) is 131 cm³/mol. The quantitative estimate of drug-likeness (QED) is 0.213. The van der Waals surface area contributed by atoms with E-state index >= 15 is 0 Å². The fraction of sp³-hybridized carbons (Fsp3) is 0.269. The number of ether oxygens (including phenoxy) is 1. The fourth-order valence-corrected chi connectivity index (χ4v) is 3.81. The van der Waals surface area contributed by atoms with Gasteiger partial charge in [-0.15, -0.1) is 0 Å². The lowest BCUT2D eigenvalue weighted by Gasteiger charge is -2.15. The Morgan fingerprint density at radius 3 is 2.42 bits per heavy atom. The SMILES string of the molecule is CCCCCn1c(Oc2ccc(C(=O)CC)cc2)cc(=O)n2cc(-c3ccc(Cl)cc3)nc12. The van der Waals surface area contributed by atoms with Gasteiger partial charge in [0.15, 0.2) is 5.78 Å². The Bertz CT molecular complexity index is 1320. The van der Waals surface area contributed by atoms with Crippen molar-refractivity contribution in [1.29, 1.82) is 0 Å². The van der Waals surface area contributed by atoms with E-state index < -0.39 is 0 Å². The standard InChI is InChI=1S/C26H26ClN3O3/c1-3-5-6-15-29-25(33-21-13-9-19(10-14-21)23(31)4-2)16-24(32)30-17-22(28-26(29)30)18-7-11-20(27)12-8-18/h7-14,16-17H,3-6,15H2,1-2H3. The highest BCUT2D eigenvalue weighted by atomic mass is 35.5. The zero-order chi connectivity index (χ0) is 23.4. The number of Topliss-reactive ketones (excluding diaryl/α,β-unsaturated/α-hetero) is 1. The van der Waals surface area contributed by atoms with E-state index in [0.29, 0.717) is 46.7 Å². The maximum atomic E-state index is 12.9. The number of imidazole rings is 1. The number of nitrogens with zero attached hydrogens (tertiary/aromatic N) is 3. The van der Waals surface area contributed by atoms with Crippen molar-refractivity contribution in [2.75, 3.05) is 0 Å². The molecule has 0 spiro atoms. The topological polar surface area (TPSA) is 65.6 Å². The molecule has 4 rings (SSSR count). The molecule has 0 radical (unpaired) electrons. The van der Waals surface area contributed by atoms with Crippen LogP contribution in [0.5, 0.6) is 11.6 Å². The summed E-state index contributed by atoms with van der Waals surface area (Å²) in [6, 6.07) is 15.8. The van der Waals surface area contributed by atoms with Gasteiger partial charge in [0.25, 0.3) is 5.56 Å². The molecule has 170 valence electrons. The molecule has 2 aromatic carbocycles. The number of hydrogen-bond acceptors (Lipinski definition) is 4. The van der Waals surface area contributed by atoms with Gasteiger partial charge in [-0.3, -0.25) is 18.6 Å². The Labute approximate surface area is 197 Å². The van der Waals surface area contributed by atoms with Crippen molar-refractivity contribution in [1.82, 2.24) is 14.0 Å². The van der Waals surface area contributed by atoms with Crippen molar-refractivity contribution < 1.29 is 9.53 Å². The van der Waals surface area contributed by atoms with Gasteiger partial charge < -0.3 is 4.74 Å². The van der Waals surface area contributed by atoms with Crippen LogP contribution >= 0.6 is 11.6 Å². The maximum Gasteiger partial charge on any atom is 0.262 e. The molecule has 0 bridgehead atoms. The molecule has 7 heteroatoms. The number of benzene rings is 2. The van der Waals surface area contributed by atoms with Crippen LogP contribution in [0.2, 0.25) is 5.02 Å². The van der Waals surface area contributed by atoms with Crippen LogP contribution in [-0.2, 0) is 6.54 Å². The maximum absolute atomic E-state index is 12.9. The van der Waals surface area contributed by atoms with Crippen molar-refractivity contribution in [3.63, 3.8) is 0 Å². The van der Waals surface area contributed by atoms with Gasteiger partial charge in [-0.2, -0.15) is 0 Å². The summed E-state index contributed by atoms with van der Waals surface area (Å²) >= 11 is 6.02. The van der Waals surface area contributed by atoms with Crippen molar-refractivity contribution in [3.8, 4) is 22.9 Å². The number of unbranched alkanes of at least 4 members (excludes halogenated alkanes) is 2. The van der Waals surface area contributed by atoms with E-state index in [1.165, 1.54) is 6.07 Å². The minimum Gasteiger partial charge on any atom is -0.441 e. The average molecular weight is 464 g/mol. The summed E-state index contributed by atoms with van der Waals surface area (Å²) in [5, 5.41) is 0.643. The zero-order valence-corrected chi connectivity index (χ0v) is 19.5. The third-order valence-corrected chi connectivity index (χ3v) is 5.78. The molecule has 33 heavy (non-hydrogen) atoms. The van der Waals surface area contributed by atoms with Crippen LogP contribution in [0.1, 0.15) is 49.9 Å². The van der Waals surface area contributed by atoms with Crippen molar-refractivity contribution >= 4 is 23.2 Å². The minimum atomic E-state index is -0.225. The number of aryl methyl sites for hydroxylation is 1. The number of halogens is 1. The van der Waals surface area contributed by atoms with Gasteiger partial charge >= 0.3 is 0 Å². The highest BCUT2D eigenvalue weighted by molar-refractivity contribution is 6.30. The molecule has 0 atom stereocenters. The van der Waals surface area contributed by atoms with E-state index in [0.717, 1.165) is 24.8 Å². The molecule has 0 aliphatic rings. The number of carbonyl (C=O) groups excluding carboxylic acids is 1. The summed E-state index contributed by atoms with van der Waals surface area (Å²) in [5.41, 5.74) is 1.98. The highest BCUT2D eigenvalue weighted by Crippen LogP contribution is 2.26. The second-order valence-corrected chi connectivity index (χ2v) is 8.32. The summed E-state index contributed by atoms with van der Waals surface area (Å²) in [6.07, 6.45) is 5.24. The smallest absolute Gasteiger partial charge is 0.262 e. The van der Waals surface area contributed by atoms with Gasteiger partial charge in [0.1, 0.15) is 5.75 Å². The third-order valence-electron chi connectivity index (χ3n) is 5.52. The number of ketones is 1. The monoisotopic (exact) mass is 463 g/mol. The van der Waals surface area contributed by atoms with Gasteiger partial charge in [0, 0.05) is 35.3 Å². The molecule has 6 nitrogen and oxygen atoms in total. The Balaban J connectivity index is 1.76. The van der Waals surface area contributed by atoms with E-state index in [1.807, 2.05) is 23.6 Å². The Morgan fingerprint density at radius 1 is 1.03 bits per heavy atom. The van der Waals surface area contributed by atoms with Gasteiger partial charge in [0.05, 0.1) is 11.8 Å². The lowest BCUT2D eigenvalue weighted by molar-refractivity contribution is 0.0988. The van der Waals surface area contributed by atoms with Gasteiger partial charge in [0.2, 0.25) is 11.7 Å². The molecule has 0 unspecified atom stereocenters. The molecular formula is C26H26ClN3O3. The highest BCUT2D eigenvalue weighted by Gasteiger charge is 2.15. The first-order valence-corrected chi connectivity index (χ1v) is 11.6. The second kappa shape index (κ2) is 10.0. The van der Waals surface area contributed by atoms with Crippen LogP contribution < -0.4 is 10.3 Å². The first kappa shape index (κ1) is 22.8. The summed E-state index contributed by atoms with van der Waals surface area (Å²) in [7, 11) is 0. The third kappa shape index (κ3) is 5.01. The van der Waals surface area contributed by atoms with Crippen LogP contribution in [0.4, 0.5) is 0 Å². The molecule has 2 aromatic heterocycles. The van der Waals surface area contributed by atoms with Crippen LogP contribution in [0.3, 0.4) is 0 Å². The van der Waals surface area contributed by atoms with Crippen molar-refractivity contribution in [2.45, 2.75) is 46.1 Å². The number of fused-ring (bicyclic) bond motifs is 1. The Hall–Kier alpha value is -3.38. The van der Waals surface area contributed by atoms with E-state index in [4.69, 9.17) is 21.3 Å². The van der Waals surface area contributed by atoms with Crippen LogP contribution in [-0.4, -0.2) is 19.7 Å². The molecule has 4 aromatic rings. The first-order valence-electron chi connectivity index (χ1n) is 11.2. The number of aromatic nitrogens is 3. The van der Waals surface area contributed by atoms with E-state index in [9.17, 15) is 9.59 Å². The Morgan fingerprint density at radius 2 is 1.76 bits per heavy atom.